The van der Waals surface area contributed by atoms with E-state index in [-0.39, 0.29) is 31.3 Å². The van der Waals surface area contributed by atoms with Gasteiger partial charge in [0, 0.05) is 19.5 Å². The minimum absolute atomic E-state index is 0. The van der Waals surface area contributed by atoms with E-state index in [1.54, 1.807) is 13.1 Å². The molecule has 10 N–H and O–H groups in total. The van der Waals surface area contributed by atoms with Gasteiger partial charge in [-0.15, -0.1) is 0 Å². The minimum atomic E-state index is -5.12. The molecule has 4 aromatic rings. The number of aliphatic hydroxyl groups is 3. The highest BCUT2D eigenvalue weighted by Gasteiger charge is 2.44. The number of nitrogen functional groups attached to an aromatic ring is 2. The van der Waals surface area contributed by atoms with Crippen molar-refractivity contribution in [2.75, 3.05) is 24.7 Å². The lowest BCUT2D eigenvalue weighted by atomic mass is 10.1. The van der Waals surface area contributed by atoms with Gasteiger partial charge in [0.2, 0.25) is 5.51 Å². The molecule has 5 heterocycles. The standard InChI is InChI=1S/C12H18N4O7P2S.C10H13N5O4.ClH/c1-8-11(3-4-22-25(20,21)23-24(17,18)19)26-7-16(8)6-10-5-14-9(2)15-12(10)13;11-8-5-9(13-2-12-8)15(3-14-5)10-7(18)6(17)4(1-16)19-10;/h5,7H,3-4,6H2,1-2H3,(H4-,13,14,15,17,18,19,20,21);2-4,6-7,10,16-18H,1H2,(H2,11,12,13);1H/t;4-,6-,7-,10-;/m.1./s1. The highest BCUT2D eigenvalue weighted by atomic mass is 35.5. The van der Waals surface area contributed by atoms with Gasteiger partial charge in [0.15, 0.2) is 29.9 Å². The molecule has 24 heteroatoms. The van der Waals surface area contributed by atoms with Crippen LogP contribution in [0.4, 0.5) is 11.6 Å². The maximum Gasteiger partial charge on any atom is 0.481 e. The summed E-state index contributed by atoms with van der Waals surface area (Å²) in [7, 11) is -9.94. The van der Waals surface area contributed by atoms with Gasteiger partial charge in [-0.1, -0.05) is 11.3 Å². The van der Waals surface area contributed by atoms with Crippen LogP contribution < -0.4 is 28.4 Å². The Labute approximate surface area is 271 Å². The van der Waals surface area contributed by atoms with Crippen LogP contribution in [0.5, 0.6) is 0 Å². The smallest absolute Gasteiger partial charge is 0.481 e. The van der Waals surface area contributed by atoms with Crippen LogP contribution in [-0.2, 0) is 35.7 Å². The molecule has 1 aliphatic rings. The Hall–Kier alpha value is -2.75. The van der Waals surface area contributed by atoms with Gasteiger partial charge >= 0.3 is 15.6 Å². The van der Waals surface area contributed by atoms with Crippen molar-refractivity contribution in [3.05, 3.63) is 46.3 Å². The number of nitrogens with two attached hydrogens (primary N) is 2. The van der Waals surface area contributed by atoms with E-state index in [4.69, 9.17) is 31.1 Å². The Morgan fingerprint density at radius 2 is 1.80 bits per heavy atom. The zero-order chi connectivity index (χ0) is 33.1. The zero-order valence-electron chi connectivity index (χ0n) is 24.1. The van der Waals surface area contributed by atoms with Crippen LogP contribution in [0.3, 0.4) is 0 Å². The van der Waals surface area contributed by atoms with Crippen LogP contribution in [-0.4, -0.2) is 91.0 Å². The predicted molar refractivity (Wildman–Crippen MR) is 155 cm³/mol. The largest absolute Gasteiger partial charge is 1.00 e. The summed E-state index contributed by atoms with van der Waals surface area (Å²) in [5, 5.41) is 28.7. The Morgan fingerprint density at radius 1 is 1.09 bits per heavy atom. The molecule has 0 radical (unpaired) electrons. The fraction of sp³-hybridized carbons (Fsp3) is 0.455. The summed E-state index contributed by atoms with van der Waals surface area (Å²) in [4.78, 5) is 47.3. The lowest BCUT2D eigenvalue weighted by Gasteiger charge is -2.16. The van der Waals surface area contributed by atoms with Gasteiger partial charge in [-0.05, 0) is 6.92 Å². The van der Waals surface area contributed by atoms with E-state index >= 15 is 0 Å². The molecule has 20 nitrogen and oxygen atoms in total. The van der Waals surface area contributed by atoms with Crippen molar-refractivity contribution in [3.63, 3.8) is 0 Å². The predicted octanol–water partition coefficient (Wildman–Crippen LogP) is -4.13. The third kappa shape index (κ3) is 9.20. The first kappa shape index (κ1) is 37.7. The normalized spacial score (nSPS) is 21.0. The molecule has 1 aliphatic heterocycles. The Morgan fingerprint density at radius 3 is 2.43 bits per heavy atom. The van der Waals surface area contributed by atoms with E-state index in [1.165, 1.54) is 28.6 Å². The average molecular weight is 728 g/mol. The van der Waals surface area contributed by atoms with Gasteiger partial charge < -0.3 is 58.6 Å². The topological polar surface area (TPSA) is 309 Å². The Kier molecular flexibility index (Phi) is 12.7. The fourth-order valence-corrected chi connectivity index (χ4v) is 6.80. The van der Waals surface area contributed by atoms with Crippen LogP contribution in [0.25, 0.3) is 11.2 Å². The quantitative estimate of drug-likeness (QED) is 0.0568. The van der Waals surface area contributed by atoms with Crippen molar-refractivity contribution < 1.29 is 69.7 Å². The summed E-state index contributed by atoms with van der Waals surface area (Å²) in [5.74, 6) is 1.20. The number of nitrogens with zero attached hydrogens (tertiary/aromatic N) is 7. The third-order valence-corrected chi connectivity index (χ3v) is 9.82. The number of imidazole rings is 1. The van der Waals surface area contributed by atoms with E-state index < -0.39 is 46.8 Å². The van der Waals surface area contributed by atoms with Crippen molar-refractivity contribution in [1.82, 2.24) is 29.5 Å². The van der Waals surface area contributed by atoms with Gasteiger partial charge in [0.25, 0.3) is 0 Å². The number of aryl methyl sites for hydroxylation is 1. The molecule has 0 aliphatic carbocycles. The highest BCUT2D eigenvalue weighted by Crippen LogP contribution is 2.57. The van der Waals surface area contributed by atoms with Gasteiger partial charge in [0.05, 0.1) is 30.0 Å². The molecule has 1 saturated heterocycles. The molecule has 0 saturated carbocycles. The van der Waals surface area contributed by atoms with Crippen molar-refractivity contribution in [2.24, 2.45) is 0 Å². The maximum absolute atomic E-state index is 11.4. The molecule has 4 aromatic heterocycles. The average Bonchev–Trinajstić information content (AvgIpc) is 3.61. The van der Waals surface area contributed by atoms with Gasteiger partial charge in [-0.25, -0.2) is 34.0 Å². The Balaban J connectivity index is 0.000000255. The number of hydrogen-bond donors (Lipinski definition) is 8. The summed E-state index contributed by atoms with van der Waals surface area (Å²) < 4.78 is 39.1. The number of hydrogen-bond acceptors (Lipinski definition) is 16. The summed E-state index contributed by atoms with van der Waals surface area (Å²) in [6.45, 7) is 3.44. The number of rotatable bonds is 10. The lowest BCUT2D eigenvalue weighted by Crippen LogP contribution is -3.00. The third-order valence-electron chi connectivity index (χ3n) is 6.49. The van der Waals surface area contributed by atoms with Crippen LogP contribution in [0.15, 0.2) is 24.4 Å². The summed E-state index contributed by atoms with van der Waals surface area (Å²) in [6, 6.07) is 0. The first-order valence-electron chi connectivity index (χ1n) is 12.9. The fourth-order valence-electron chi connectivity index (χ4n) is 4.24. The van der Waals surface area contributed by atoms with Crippen molar-refractivity contribution in [1.29, 1.82) is 0 Å². The molecule has 1 fully saturated rings. The second-order valence-corrected chi connectivity index (χ2v) is 13.4. The monoisotopic (exact) mass is 727 g/mol. The molecule has 1 unspecified atom stereocenters. The number of phosphoric ester groups is 1. The molecule has 46 heavy (non-hydrogen) atoms. The van der Waals surface area contributed by atoms with E-state index in [0.717, 1.165) is 16.1 Å². The summed E-state index contributed by atoms with van der Waals surface area (Å²) in [5.41, 5.74) is 15.8. The van der Waals surface area contributed by atoms with E-state index in [9.17, 15) is 24.2 Å². The molecule has 0 spiro atoms. The maximum atomic E-state index is 11.4. The summed E-state index contributed by atoms with van der Waals surface area (Å²) in [6.07, 6.45) is 0.498. The lowest BCUT2D eigenvalue weighted by molar-refractivity contribution is -0.689. The molecule has 5 rings (SSSR count). The van der Waals surface area contributed by atoms with Crippen LogP contribution >= 0.6 is 27.0 Å². The molecular weight excluding hydrogens is 696 g/mol. The van der Waals surface area contributed by atoms with Crippen LogP contribution in [0.2, 0.25) is 0 Å². The SMILES string of the molecule is Cc1ncc(C[n+]2csc(CCOP(=O)(O)OP(=O)(O)O)c2C)c(N)n1.Nc1ncnc2c1ncn2[C@@H]1O[C@H](CO)[C@@H](O)[C@H]1O.[Cl-]. The number of aromatic nitrogens is 7. The van der Waals surface area contributed by atoms with Crippen molar-refractivity contribution in [3.8, 4) is 0 Å². The number of fused-ring (bicyclic) bond motifs is 1. The number of aliphatic hydroxyl groups excluding tert-OH is 3. The second-order valence-electron chi connectivity index (χ2n) is 9.62. The first-order valence-corrected chi connectivity index (χ1v) is 16.8. The molecule has 0 amide bonds. The number of ether oxygens (including phenoxy) is 1. The molecular formula is C22H32ClN9O11P2S. The van der Waals surface area contributed by atoms with Gasteiger partial charge in [0.1, 0.15) is 41.8 Å². The van der Waals surface area contributed by atoms with Crippen LogP contribution in [0.1, 0.15) is 28.2 Å². The zero-order valence-corrected chi connectivity index (χ0v) is 27.5. The van der Waals surface area contributed by atoms with Crippen molar-refractivity contribution >= 4 is 49.8 Å². The van der Waals surface area contributed by atoms with E-state index in [0.29, 0.717) is 29.4 Å². The Bertz CT molecular complexity index is 1740. The number of halogens is 1. The molecule has 254 valence electrons. The molecule has 5 atom stereocenters. The minimum Gasteiger partial charge on any atom is -1.00 e. The van der Waals surface area contributed by atoms with E-state index in [2.05, 4.69) is 33.8 Å². The highest BCUT2D eigenvalue weighted by molar-refractivity contribution is 7.60. The number of phosphoric acid groups is 2. The molecule has 0 bridgehead atoms. The van der Waals surface area contributed by atoms with Gasteiger partial charge in [-0.3, -0.25) is 9.09 Å². The molecule has 0 aromatic carbocycles. The number of thiazole rings is 1. The number of anilines is 2. The van der Waals surface area contributed by atoms with Crippen LogP contribution in [0, 0.1) is 13.8 Å². The van der Waals surface area contributed by atoms with E-state index in [1.807, 2.05) is 17.0 Å². The summed E-state index contributed by atoms with van der Waals surface area (Å²) >= 11 is 1.40. The first-order chi connectivity index (χ1) is 21.1. The second kappa shape index (κ2) is 15.4. The van der Waals surface area contributed by atoms with Crippen molar-refractivity contribution in [2.45, 2.75) is 51.4 Å². The van der Waals surface area contributed by atoms with Gasteiger partial charge in [-0.2, -0.15) is 8.88 Å².